The van der Waals surface area contributed by atoms with E-state index in [9.17, 15) is 4.79 Å². The smallest absolute Gasteiger partial charge is 0.307 e. The van der Waals surface area contributed by atoms with E-state index in [1.54, 1.807) is 14.0 Å². The summed E-state index contributed by atoms with van der Waals surface area (Å²) in [5, 5.41) is 9.00. The molecule has 2 atom stereocenters. The Labute approximate surface area is 98.6 Å². The van der Waals surface area contributed by atoms with E-state index in [0.717, 1.165) is 13.1 Å². The van der Waals surface area contributed by atoms with Crippen LogP contribution in [0, 0.1) is 11.8 Å². The van der Waals surface area contributed by atoms with Crippen LogP contribution in [0.3, 0.4) is 0 Å². The predicted molar refractivity (Wildman–Crippen MR) is 64.5 cm³/mol. The van der Waals surface area contributed by atoms with E-state index in [4.69, 9.17) is 9.84 Å². The Balaban J connectivity index is 4.41. The zero-order valence-corrected chi connectivity index (χ0v) is 11.1. The molecular weight excluding hydrogens is 206 g/mol. The molecule has 0 amide bonds. The van der Waals surface area contributed by atoms with Gasteiger partial charge in [-0.3, -0.25) is 9.69 Å². The van der Waals surface area contributed by atoms with Gasteiger partial charge in [-0.25, -0.2) is 0 Å². The molecule has 2 unspecified atom stereocenters. The highest BCUT2D eigenvalue weighted by Crippen LogP contribution is 2.13. The van der Waals surface area contributed by atoms with Crippen molar-refractivity contribution in [1.82, 2.24) is 4.90 Å². The molecule has 96 valence electrons. The summed E-state index contributed by atoms with van der Waals surface area (Å²) < 4.78 is 5.06. The van der Waals surface area contributed by atoms with Crippen molar-refractivity contribution in [2.24, 2.45) is 11.8 Å². The van der Waals surface area contributed by atoms with Crippen molar-refractivity contribution in [3.8, 4) is 0 Å². The lowest BCUT2D eigenvalue weighted by Crippen LogP contribution is -2.44. The van der Waals surface area contributed by atoms with Gasteiger partial charge in [0.15, 0.2) is 0 Å². The summed E-state index contributed by atoms with van der Waals surface area (Å²) in [7, 11) is 1.67. The normalized spacial score (nSPS) is 15.4. The zero-order valence-electron chi connectivity index (χ0n) is 11.1. The molecule has 0 aliphatic heterocycles. The van der Waals surface area contributed by atoms with Gasteiger partial charge in [0, 0.05) is 26.2 Å². The molecule has 0 spiro atoms. The molecule has 0 aromatic rings. The van der Waals surface area contributed by atoms with Gasteiger partial charge in [0.1, 0.15) is 0 Å². The molecule has 16 heavy (non-hydrogen) atoms. The SMILES string of the molecule is COCCN(CC(C)C)C(C)C(C)C(=O)O. The number of ether oxygens (including phenoxy) is 1. The maximum absolute atomic E-state index is 10.9. The van der Waals surface area contributed by atoms with Crippen LogP contribution in [0.25, 0.3) is 0 Å². The first-order chi connectivity index (χ1) is 7.40. The third kappa shape index (κ3) is 5.47. The van der Waals surface area contributed by atoms with Gasteiger partial charge in [0.2, 0.25) is 0 Å². The Morgan fingerprint density at radius 2 is 1.88 bits per heavy atom. The third-order valence-electron chi connectivity index (χ3n) is 2.87. The molecule has 0 bridgehead atoms. The van der Waals surface area contributed by atoms with E-state index in [2.05, 4.69) is 18.7 Å². The molecule has 0 aromatic carbocycles. The minimum Gasteiger partial charge on any atom is -0.481 e. The number of carboxylic acids is 1. The van der Waals surface area contributed by atoms with E-state index in [0.29, 0.717) is 12.5 Å². The van der Waals surface area contributed by atoms with Crippen LogP contribution in [-0.2, 0) is 9.53 Å². The molecule has 0 radical (unpaired) electrons. The molecule has 0 saturated carbocycles. The Kier molecular flexibility index (Phi) is 7.34. The second-order valence-corrected chi connectivity index (χ2v) is 4.75. The maximum atomic E-state index is 10.9. The van der Waals surface area contributed by atoms with Crippen LogP contribution in [0.2, 0.25) is 0 Å². The van der Waals surface area contributed by atoms with E-state index in [1.165, 1.54) is 0 Å². The van der Waals surface area contributed by atoms with Gasteiger partial charge in [-0.2, -0.15) is 0 Å². The number of rotatable bonds is 8. The second-order valence-electron chi connectivity index (χ2n) is 4.75. The van der Waals surface area contributed by atoms with Gasteiger partial charge < -0.3 is 9.84 Å². The third-order valence-corrected chi connectivity index (χ3v) is 2.87. The van der Waals surface area contributed by atoms with Crippen LogP contribution in [0.1, 0.15) is 27.7 Å². The minimum absolute atomic E-state index is 0.0371. The highest BCUT2D eigenvalue weighted by molar-refractivity contribution is 5.70. The fraction of sp³-hybridized carbons (Fsp3) is 0.917. The first-order valence-corrected chi connectivity index (χ1v) is 5.85. The molecule has 4 heteroatoms. The van der Waals surface area contributed by atoms with Crippen LogP contribution in [-0.4, -0.2) is 48.8 Å². The summed E-state index contributed by atoms with van der Waals surface area (Å²) in [5.74, 6) is -0.561. The molecule has 0 aliphatic rings. The van der Waals surface area contributed by atoms with E-state index >= 15 is 0 Å². The van der Waals surface area contributed by atoms with Gasteiger partial charge in [-0.05, 0) is 12.8 Å². The minimum atomic E-state index is -0.737. The van der Waals surface area contributed by atoms with Gasteiger partial charge >= 0.3 is 5.97 Å². The van der Waals surface area contributed by atoms with Crippen molar-refractivity contribution < 1.29 is 14.6 Å². The van der Waals surface area contributed by atoms with Crippen LogP contribution in [0.4, 0.5) is 0 Å². The summed E-state index contributed by atoms with van der Waals surface area (Å²) in [5.41, 5.74) is 0. The van der Waals surface area contributed by atoms with E-state index in [1.807, 2.05) is 6.92 Å². The van der Waals surface area contributed by atoms with Crippen molar-refractivity contribution >= 4 is 5.97 Å². The van der Waals surface area contributed by atoms with Crippen LogP contribution >= 0.6 is 0 Å². The van der Waals surface area contributed by atoms with Crippen molar-refractivity contribution in [2.75, 3.05) is 26.8 Å². The van der Waals surface area contributed by atoms with Crippen molar-refractivity contribution in [1.29, 1.82) is 0 Å². The molecule has 0 aliphatic carbocycles. The molecule has 0 saturated heterocycles. The highest BCUT2D eigenvalue weighted by atomic mass is 16.5. The van der Waals surface area contributed by atoms with Crippen molar-refractivity contribution in [3.05, 3.63) is 0 Å². The molecule has 0 fully saturated rings. The summed E-state index contributed by atoms with van der Waals surface area (Å²) in [6, 6.07) is 0.0371. The lowest BCUT2D eigenvalue weighted by atomic mass is 10.0. The molecular formula is C12H25NO3. The average Bonchev–Trinajstić information content (AvgIpc) is 2.21. The second kappa shape index (κ2) is 7.63. The van der Waals surface area contributed by atoms with Crippen LogP contribution in [0.5, 0.6) is 0 Å². The molecule has 0 rings (SSSR count). The van der Waals surface area contributed by atoms with Gasteiger partial charge in [-0.15, -0.1) is 0 Å². The summed E-state index contributed by atoms with van der Waals surface area (Å²) in [4.78, 5) is 13.1. The fourth-order valence-electron chi connectivity index (χ4n) is 1.66. The van der Waals surface area contributed by atoms with Crippen molar-refractivity contribution in [3.63, 3.8) is 0 Å². The van der Waals surface area contributed by atoms with Crippen LogP contribution < -0.4 is 0 Å². The predicted octanol–water partition coefficient (Wildman–Crippen LogP) is 1.70. The highest BCUT2D eigenvalue weighted by Gasteiger charge is 2.25. The largest absolute Gasteiger partial charge is 0.481 e. The Hall–Kier alpha value is -0.610. The molecule has 4 nitrogen and oxygen atoms in total. The van der Waals surface area contributed by atoms with Gasteiger partial charge in [-0.1, -0.05) is 20.8 Å². The topological polar surface area (TPSA) is 49.8 Å². The summed E-state index contributed by atoms with van der Waals surface area (Å²) >= 11 is 0. The van der Waals surface area contributed by atoms with E-state index in [-0.39, 0.29) is 12.0 Å². The number of nitrogens with zero attached hydrogens (tertiary/aromatic N) is 1. The first kappa shape index (κ1) is 15.4. The number of aliphatic carboxylic acids is 1. The van der Waals surface area contributed by atoms with E-state index < -0.39 is 5.97 Å². The van der Waals surface area contributed by atoms with Crippen molar-refractivity contribution in [2.45, 2.75) is 33.7 Å². The number of carbonyl (C=O) groups is 1. The Bertz CT molecular complexity index is 206. The monoisotopic (exact) mass is 231 g/mol. The van der Waals surface area contributed by atoms with Gasteiger partial charge in [0.05, 0.1) is 12.5 Å². The lowest BCUT2D eigenvalue weighted by molar-refractivity contribution is -0.143. The summed E-state index contributed by atoms with van der Waals surface area (Å²) in [6.45, 7) is 10.3. The first-order valence-electron chi connectivity index (χ1n) is 5.85. The summed E-state index contributed by atoms with van der Waals surface area (Å²) in [6.07, 6.45) is 0. The maximum Gasteiger partial charge on any atom is 0.307 e. The Morgan fingerprint density at radius 3 is 2.25 bits per heavy atom. The van der Waals surface area contributed by atoms with Crippen LogP contribution in [0.15, 0.2) is 0 Å². The number of hydrogen-bond acceptors (Lipinski definition) is 3. The standard InChI is InChI=1S/C12H25NO3/c1-9(2)8-13(6-7-16-5)11(4)10(3)12(14)15/h9-11H,6-8H2,1-5H3,(H,14,15). The average molecular weight is 231 g/mol. The number of methoxy groups -OCH3 is 1. The quantitative estimate of drug-likeness (QED) is 0.691. The fourth-order valence-corrected chi connectivity index (χ4v) is 1.66. The molecule has 0 aromatic heterocycles. The molecule has 1 N–H and O–H groups in total. The Morgan fingerprint density at radius 1 is 1.31 bits per heavy atom. The van der Waals surface area contributed by atoms with Gasteiger partial charge in [0.25, 0.3) is 0 Å². The zero-order chi connectivity index (χ0) is 12.7. The molecule has 0 heterocycles. The number of carboxylic acid groups (broad SMARTS) is 1. The lowest BCUT2D eigenvalue weighted by Gasteiger charge is -2.32. The number of hydrogen-bond donors (Lipinski definition) is 1.